The van der Waals surface area contributed by atoms with Crippen molar-refractivity contribution in [1.82, 2.24) is 10.2 Å². The molecule has 2 aliphatic rings. The van der Waals surface area contributed by atoms with Gasteiger partial charge in [0.2, 0.25) is 5.91 Å². The third-order valence-corrected chi connectivity index (χ3v) is 5.16. The first-order valence-electron chi connectivity index (χ1n) is 8.22. The lowest BCUT2D eigenvalue weighted by molar-refractivity contribution is -0.138. The second kappa shape index (κ2) is 7.47. The number of carbonyl (C=O) groups excluding carboxylic acids is 1. The molecule has 22 heavy (non-hydrogen) atoms. The van der Waals surface area contributed by atoms with E-state index in [2.05, 4.69) is 48.3 Å². The van der Waals surface area contributed by atoms with Gasteiger partial charge in [0, 0.05) is 18.5 Å². The number of amides is 1. The summed E-state index contributed by atoms with van der Waals surface area (Å²) < 4.78 is 0. The molecule has 0 saturated carbocycles. The maximum atomic E-state index is 12.7. The second-order valence-corrected chi connectivity index (χ2v) is 6.72. The predicted octanol–water partition coefficient (Wildman–Crippen LogP) is 2.81. The van der Waals surface area contributed by atoms with E-state index in [9.17, 15) is 4.79 Å². The number of rotatable bonds is 4. The summed E-state index contributed by atoms with van der Waals surface area (Å²) in [5.74, 6) is 1.08. The summed E-state index contributed by atoms with van der Waals surface area (Å²) in [5.41, 5.74) is 2.65. The molecule has 2 fully saturated rings. The quantitative estimate of drug-likeness (QED) is 0.924. The highest BCUT2D eigenvalue weighted by Gasteiger charge is 2.36. The van der Waals surface area contributed by atoms with Gasteiger partial charge < -0.3 is 10.2 Å². The third-order valence-electron chi connectivity index (χ3n) is 5.16. The van der Waals surface area contributed by atoms with Gasteiger partial charge in [0.1, 0.15) is 0 Å². The van der Waals surface area contributed by atoms with Crippen LogP contribution in [0.2, 0.25) is 0 Å². The molecular weight excluding hydrogens is 296 g/mol. The molecule has 1 N–H and O–H groups in total. The van der Waals surface area contributed by atoms with Crippen molar-refractivity contribution in [3.63, 3.8) is 0 Å². The first-order valence-corrected chi connectivity index (χ1v) is 8.22. The summed E-state index contributed by atoms with van der Waals surface area (Å²) in [6.45, 7) is 7.17. The Hall–Kier alpha value is -1.06. The highest BCUT2D eigenvalue weighted by atomic mass is 35.5. The van der Waals surface area contributed by atoms with Gasteiger partial charge in [0.05, 0.1) is 0 Å². The number of benzene rings is 1. The molecule has 1 amide bonds. The molecule has 3 nitrogen and oxygen atoms in total. The molecule has 2 atom stereocenters. The minimum absolute atomic E-state index is 0. The van der Waals surface area contributed by atoms with E-state index >= 15 is 0 Å². The van der Waals surface area contributed by atoms with E-state index in [1.807, 2.05) is 0 Å². The molecule has 0 radical (unpaired) electrons. The molecule has 4 heteroatoms. The maximum absolute atomic E-state index is 12.7. The van der Waals surface area contributed by atoms with E-state index < -0.39 is 0 Å². The monoisotopic (exact) mass is 322 g/mol. The van der Waals surface area contributed by atoms with Gasteiger partial charge in [0.15, 0.2) is 0 Å². The van der Waals surface area contributed by atoms with Crippen LogP contribution in [0.25, 0.3) is 0 Å². The van der Waals surface area contributed by atoms with Crippen LogP contribution >= 0.6 is 12.4 Å². The lowest BCUT2D eigenvalue weighted by atomic mass is 9.87. The van der Waals surface area contributed by atoms with Gasteiger partial charge in [-0.3, -0.25) is 4.79 Å². The predicted molar refractivity (Wildman–Crippen MR) is 92.4 cm³/mol. The zero-order valence-electron chi connectivity index (χ0n) is 13.5. The van der Waals surface area contributed by atoms with Crippen LogP contribution in [0.15, 0.2) is 24.3 Å². The Bertz CT molecular complexity index is 498. The number of likely N-dealkylation sites (tertiary alicyclic amines) is 1. The van der Waals surface area contributed by atoms with Crippen molar-refractivity contribution in [3.05, 3.63) is 35.4 Å². The average molecular weight is 323 g/mol. The average Bonchev–Trinajstić information content (AvgIpc) is 2.86. The molecule has 122 valence electrons. The normalized spacial score (nSPS) is 22.8. The van der Waals surface area contributed by atoms with E-state index in [1.165, 1.54) is 11.1 Å². The molecular formula is C18H27ClN2O. The second-order valence-electron chi connectivity index (χ2n) is 6.72. The Kier molecular flexibility index (Phi) is 5.87. The summed E-state index contributed by atoms with van der Waals surface area (Å²) in [5, 5.41) is 3.27. The first-order chi connectivity index (χ1) is 10.1. The smallest absolute Gasteiger partial charge is 0.226 e. The van der Waals surface area contributed by atoms with Crippen molar-refractivity contribution in [2.75, 3.05) is 19.6 Å². The Morgan fingerprint density at radius 2 is 2.00 bits per heavy atom. The topological polar surface area (TPSA) is 32.3 Å². The van der Waals surface area contributed by atoms with Crippen molar-refractivity contribution in [3.8, 4) is 0 Å². The van der Waals surface area contributed by atoms with E-state index in [0.717, 1.165) is 38.9 Å². The van der Waals surface area contributed by atoms with Crippen LogP contribution in [0.1, 0.15) is 30.9 Å². The van der Waals surface area contributed by atoms with Gasteiger partial charge >= 0.3 is 0 Å². The number of aryl methyl sites for hydroxylation is 1. The van der Waals surface area contributed by atoms with Gasteiger partial charge in [-0.05, 0) is 50.8 Å². The molecule has 1 aromatic rings. The van der Waals surface area contributed by atoms with Crippen LogP contribution in [0.5, 0.6) is 0 Å². The van der Waals surface area contributed by atoms with Crippen molar-refractivity contribution < 1.29 is 4.79 Å². The first kappa shape index (κ1) is 17.3. The summed E-state index contributed by atoms with van der Waals surface area (Å²) in [6.07, 6.45) is 3.30. The highest BCUT2D eigenvalue weighted by Crippen LogP contribution is 2.26. The Balaban J connectivity index is 0.00000176. The number of hydrogen-bond acceptors (Lipinski definition) is 2. The van der Waals surface area contributed by atoms with Gasteiger partial charge in [-0.25, -0.2) is 0 Å². The van der Waals surface area contributed by atoms with E-state index in [0.29, 0.717) is 17.9 Å². The minimum atomic E-state index is 0. The van der Waals surface area contributed by atoms with Crippen LogP contribution in [-0.4, -0.2) is 36.5 Å². The van der Waals surface area contributed by atoms with E-state index in [4.69, 9.17) is 0 Å². The molecule has 3 rings (SSSR count). The molecule has 1 aromatic carbocycles. The number of nitrogens with zero attached hydrogens (tertiary/aromatic N) is 1. The Labute approximate surface area is 139 Å². The van der Waals surface area contributed by atoms with Crippen molar-refractivity contribution in [1.29, 1.82) is 0 Å². The molecule has 0 spiro atoms. The third kappa shape index (κ3) is 3.64. The number of hydrogen-bond donors (Lipinski definition) is 1. The van der Waals surface area contributed by atoms with Crippen molar-refractivity contribution >= 4 is 18.3 Å². The molecule has 0 aromatic heterocycles. The molecule has 2 unspecified atom stereocenters. The SMILES string of the molecule is Cc1ccc(CC2CCCN2C(=O)C(C)C2CNC2)cc1.Cl. The molecule has 2 heterocycles. The van der Waals surface area contributed by atoms with Crippen molar-refractivity contribution in [2.24, 2.45) is 11.8 Å². The fourth-order valence-corrected chi connectivity index (χ4v) is 3.46. The zero-order valence-corrected chi connectivity index (χ0v) is 14.4. The number of nitrogens with one attached hydrogen (secondary N) is 1. The van der Waals surface area contributed by atoms with Gasteiger partial charge in [-0.15, -0.1) is 12.4 Å². The molecule has 0 aliphatic carbocycles. The van der Waals surface area contributed by atoms with Crippen LogP contribution in [-0.2, 0) is 11.2 Å². The van der Waals surface area contributed by atoms with Crippen LogP contribution in [0, 0.1) is 18.8 Å². The molecule has 0 bridgehead atoms. The Morgan fingerprint density at radius 3 is 2.59 bits per heavy atom. The van der Waals surface area contributed by atoms with E-state index in [1.54, 1.807) is 0 Å². The molecule has 2 aliphatic heterocycles. The van der Waals surface area contributed by atoms with Crippen LogP contribution in [0.3, 0.4) is 0 Å². The van der Waals surface area contributed by atoms with Gasteiger partial charge in [-0.1, -0.05) is 36.8 Å². The fourth-order valence-electron chi connectivity index (χ4n) is 3.46. The number of halogens is 1. The van der Waals surface area contributed by atoms with Crippen LogP contribution < -0.4 is 5.32 Å². The minimum Gasteiger partial charge on any atom is -0.339 e. The standard InChI is InChI=1S/C18H26N2O.ClH/c1-13-5-7-15(8-6-13)10-17-4-3-9-20(17)18(21)14(2)16-11-19-12-16;/h5-8,14,16-17,19H,3-4,9-12H2,1-2H3;1H. The summed E-state index contributed by atoms with van der Waals surface area (Å²) >= 11 is 0. The summed E-state index contributed by atoms with van der Waals surface area (Å²) in [7, 11) is 0. The lowest BCUT2D eigenvalue weighted by Crippen LogP contribution is -2.51. The van der Waals surface area contributed by atoms with Crippen LogP contribution in [0.4, 0.5) is 0 Å². The molecule has 2 saturated heterocycles. The van der Waals surface area contributed by atoms with Gasteiger partial charge in [-0.2, -0.15) is 0 Å². The fraction of sp³-hybridized carbons (Fsp3) is 0.611. The number of carbonyl (C=O) groups is 1. The maximum Gasteiger partial charge on any atom is 0.226 e. The van der Waals surface area contributed by atoms with Crippen molar-refractivity contribution in [2.45, 2.75) is 39.2 Å². The largest absolute Gasteiger partial charge is 0.339 e. The zero-order chi connectivity index (χ0) is 14.8. The Morgan fingerprint density at radius 1 is 1.32 bits per heavy atom. The van der Waals surface area contributed by atoms with E-state index in [-0.39, 0.29) is 18.3 Å². The van der Waals surface area contributed by atoms with Gasteiger partial charge in [0.25, 0.3) is 0 Å². The summed E-state index contributed by atoms with van der Waals surface area (Å²) in [6, 6.07) is 9.14. The summed E-state index contributed by atoms with van der Waals surface area (Å²) in [4.78, 5) is 14.9. The lowest BCUT2D eigenvalue weighted by Gasteiger charge is -2.35. The highest BCUT2D eigenvalue weighted by molar-refractivity contribution is 5.85.